The van der Waals surface area contributed by atoms with Gasteiger partial charge in [-0.3, -0.25) is 9.36 Å². The number of amides is 1. The monoisotopic (exact) mass is 489 g/mol. The van der Waals surface area contributed by atoms with E-state index >= 15 is 0 Å². The molecule has 0 aliphatic heterocycles. The fourth-order valence-corrected chi connectivity index (χ4v) is 3.87. The van der Waals surface area contributed by atoms with E-state index in [2.05, 4.69) is 21.2 Å². The predicted octanol–water partition coefficient (Wildman–Crippen LogP) is 4.99. The number of nitrogens with one attached hydrogen (secondary N) is 1. The highest BCUT2D eigenvalue weighted by Crippen LogP contribution is 2.31. The first-order chi connectivity index (χ1) is 15.5. The third-order valence-electron chi connectivity index (χ3n) is 5.18. The molecule has 8 heteroatoms. The number of aromatic nitrogens is 3. The summed E-state index contributed by atoms with van der Waals surface area (Å²) in [6, 6.07) is 21.0. The van der Waals surface area contributed by atoms with Crippen molar-refractivity contribution in [2.24, 2.45) is 0 Å². The van der Waals surface area contributed by atoms with Crippen molar-refractivity contribution >= 4 is 49.9 Å². The van der Waals surface area contributed by atoms with Crippen LogP contribution in [0.3, 0.4) is 0 Å². The maximum atomic E-state index is 13.2. The number of halogens is 2. The Balaban J connectivity index is 1.64. The average Bonchev–Trinajstić information content (AvgIpc) is 3.08. The van der Waals surface area contributed by atoms with Crippen LogP contribution in [0, 0.1) is 5.82 Å². The van der Waals surface area contributed by atoms with Crippen molar-refractivity contribution in [3.05, 3.63) is 94.2 Å². The summed E-state index contributed by atoms with van der Waals surface area (Å²) in [7, 11) is 0. The highest BCUT2D eigenvalue weighted by Gasteiger charge is 2.24. The zero-order valence-corrected chi connectivity index (χ0v) is 18.3. The fraction of sp³-hybridized carbons (Fsp3) is 0.0417. The molecule has 2 aromatic heterocycles. The fourth-order valence-electron chi connectivity index (χ4n) is 3.61. The Kier molecular flexibility index (Phi) is 5.07. The van der Waals surface area contributed by atoms with Gasteiger partial charge in [0.25, 0.3) is 5.91 Å². The number of hydrogen-bond donors (Lipinski definition) is 2. The number of nitrogens with zero attached hydrogens (tertiary/aromatic N) is 3. The molecule has 158 valence electrons. The largest absolute Gasteiger partial charge is 0.384 e. The van der Waals surface area contributed by atoms with Crippen molar-refractivity contribution in [2.45, 2.75) is 6.54 Å². The molecular formula is C24H17BrFN5O. The summed E-state index contributed by atoms with van der Waals surface area (Å²) in [4.78, 5) is 22.7. The molecule has 0 aliphatic rings. The van der Waals surface area contributed by atoms with Crippen molar-refractivity contribution in [1.82, 2.24) is 19.9 Å². The molecule has 0 saturated carbocycles. The highest BCUT2D eigenvalue weighted by atomic mass is 79.9. The minimum Gasteiger partial charge on any atom is -0.384 e. The molecule has 0 saturated heterocycles. The van der Waals surface area contributed by atoms with Crippen LogP contribution in [-0.2, 0) is 6.54 Å². The summed E-state index contributed by atoms with van der Waals surface area (Å²) in [5.41, 5.74) is 10.6. The average molecular weight is 490 g/mol. The van der Waals surface area contributed by atoms with E-state index in [4.69, 9.17) is 15.7 Å². The third kappa shape index (κ3) is 3.58. The van der Waals surface area contributed by atoms with Crippen molar-refractivity contribution in [3.8, 4) is 5.69 Å². The first-order valence-electron chi connectivity index (χ1n) is 9.86. The number of para-hydroxylation sites is 2. The lowest BCUT2D eigenvalue weighted by Crippen LogP contribution is -2.24. The minimum absolute atomic E-state index is 0.227. The van der Waals surface area contributed by atoms with Crippen LogP contribution in [0.25, 0.3) is 27.9 Å². The van der Waals surface area contributed by atoms with Gasteiger partial charge >= 0.3 is 0 Å². The predicted molar refractivity (Wildman–Crippen MR) is 126 cm³/mol. The summed E-state index contributed by atoms with van der Waals surface area (Å²) in [6.07, 6.45) is 0. The maximum Gasteiger partial charge on any atom is 0.257 e. The van der Waals surface area contributed by atoms with Gasteiger partial charge in [-0.2, -0.15) is 0 Å². The van der Waals surface area contributed by atoms with Gasteiger partial charge in [0.15, 0.2) is 5.65 Å². The second-order valence-corrected chi connectivity index (χ2v) is 8.18. The van der Waals surface area contributed by atoms with Crippen molar-refractivity contribution in [1.29, 1.82) is 0 Å². The van der Waals surface area contributed by atoms with Crippen LogP contribution in [0.15, 0.2) is 77.3 Å². The second kappa shape index (κ2) is 8.05. The summed E-state index contributed by atoms with van der Waals surface area (Å²) in [5, 5.41) is 2.86. The topological polar surface area (TPSA) is 85.8 Å². The number of carbonyl (C=O) groups excluding carboxylic acids is 1. The minimum atomic E-state index is -0.378. The van der Waals surface area contributed by atoms with E-state index in [-0.39, 0.29) is 29.7 Å². The summed E-state index contributed by atoms with van der Waals surface area (Å²) < 4.78 is 15.8. The van der Waals surface area contributed by atoms with Gasteiger partial charge in [-0.25, -0.2) is 14.4 Å². The molecule has 5 aromatic rings. The summed E-state index contributed by atoms with van der Waals surface area (Å²) in [5.74, 6) is -0.462. The summed E-state index contributed by atoms with van der Waals surface area (Å²) in [6.45, 7) is 0.227. The zero-order valence-electron chi connectivity index (χ0n) is 16.7. The van der Waals surface area contributed by atoms with Gasteiger partial charge in [0.2, 0.25) is 0 Å². The van der Waals surface area contributed by atoms with E-state index in [0.717, 1.165) is 15.7 Å². The van der Waals surface area contributed by atoms with E-state index in [0.29, 0.717) is 22.2 Å². The van der Waals surface area contributed by atoms with Gasteiger partial charge in [0.1, 0.15) is 22.7 Å². The summed E-state index contributed by atoms with van der Waals surface area (Å²) >= 11 is 3.44. The lowest BCUT2D eigenvalue weighted by Gasteiger charge is -2.08. The Morgan fingerprint density at radius 1 is 0.969 bits per heavy atom. The van der Waals surface area contributed by atoms with Gasteiger partial charge in [0, 0.05) is 16.7 Å². The Bertz CT molecular complexity index is 1460. The molecule has 0 aliphatic carbocycles. The number of anilines is 1. The number of hydrogen-bond acceptors (Lipinski definition) is 4. The maximum absolute atomic E-state index is 13.2. The van der Waals surface area contributed by atoms with Gasteiger partial charge in [0.05, 0.1) is 11.0 Å². The van der Waals surface area contributed by atoms with Crippen LogP contribution in [0.2, 0.25) is 0 Å². The molecular weight excluding hydrogens is 473 g/mol. The molecule has 1 amide bonds. The van der Waals surface area contributed by atoms with Gasteiger partial charge < -0.3 is 11.1 Å². The number of nitrogens with two attached hydrogens (primary N) is 1. The van der Waals surface area contributed by atoms with Gasteiger partial charge in [-0.05, 0) is 54.1 Å². The van der Waals surface area contributed by atoms with Crippen LogP contribution in [0.5, 0.6) is 0 Å². The number of rotatable bonds is 4. The molecule has 0 radical (unpaired) electrons. The Hall–Kier alpha value is -3.78. The lowest BCUT2D eigenvalue weighted by atomic mass is 10.2. The lowest BCUT2D eigenvalue weighted by molar-refractivity contribution is 0.0953. The molecule has 3 aromatic carbocycles. The quantitative estimate of drug-likeness (QED) is 0.372. The van der Waals surface area contributed by atoms with E-state index < -0.39 is 0 Å². The molecule has 2 heterocycles. The number of carbonyl (C=O) groups is 1. The number of benzene rings is 3. The molecule has 0 bridgehead atoms. The van der Waals surface area contributed by atoms with Crippen molar-refractivity contribution in [2.75, 3.05) is 5.73 Å². The standard InChI is InChI=1S/C24H17BrFN5O/c25-15-7-11-17(12-8-15)31-22(27)20(24(32)28-13-14-5-9-16(26)10-6-14)21-23(31)30-19-4-2-1-3-18(19)29-21/h1-12H,13,27H2,(H,28,32). The molecule has 0 fully saturated rings. The van der Waals surface area contributed by atoms with Crippen molar-refractivity contribution < 1.29 is 9.18 Å². The molecule has 32 heavy (non-hydrogen) atoms. The van der Waals surface area contributed by atoms with Gasteiger partial charge in [-0.1, -0.05) is 40.2 Å². The smallest absolute Gasteiger partial charge is 0.257 e. The van der Waals surface area contributed by atoms with Crippen LogP contribution < -0.4 is 11.1 Å². The first-order valence-corrected chi connectivity index (χ1v) is 10.7. The Labute approximate surface area is 191 Å². The van der Waals surface area contributed by atoms with Crippen LogP contribution in [0.4, 0.5) is 10.2 Å². The van der Waals surface area contributed by atoms with Crippen LogP contribution >= 0.6 is 15.9 Å². The van der Waals surface area contributed by atoms with Crippen molar-refractivity contribution in [3.63, 3.8) is 0 Å². The molecule has 0 spiro atoms. The third-order valence-corrected chi connectivity index (χ3v) is 5.70. The van der Waals surface area contributed by atoms with Crippen LogP contribution in [-0.4, -0.2) is 20.4 Å². The molecule has 0 unspecified atom stereocenters. The molecule has 0 atom stereocenters. The van der Waals surface area contributed by atoms with E-state index in [1.165, 1.54) is 12.1 Å². The van der Waals surface area contributed by atoms with Crippen LogP contribution in [0.1, 0.15) is 15.9 Å². The molecule has 6 nitrogen and oxygen atoms in total. The van der Waals surface area contributed by atoms with E-state index in [1.54, 1.807) is 16.7 Å². The first kappa shape index (κ1) is 20.1. The second-order valence-electron chi connectivity index (χ2n) is 7.27. The molecule has 5 rings (SSSR count). The Morgan fingerprint density at radius 2 is 1.62 bits per heavy atom. The van der Waals surface area contributed by atoms with E-state index in [9.17, 15) is 9.18 Å². The highest BCUT2D eigenvalue weighted by molar-refractivity contribution is 9.10. The Morgan fingerprint density at radius 3 is 2.31 bits per heavy atom. The molecule has 3 N–H and O–H groups in total. The SMILES string of the molecule is Nc1c(C(=O)NCc2ccc(F)cc2)c2nc3ccccc3nc2n1-c1ccc(Br)cc1. The van der Waals surface area contributed by atoms with E-state index in [1.807, 2.05) is 48.5 Å². The number of nitrogen functional groups attached to an aromatic ring is 1. The van der Waals surface area contributed by atoms with Gasteiger partial charge in [-0.15, -0.1) is 0 Å². The number of fused-ring (bicyclic) bond motifs is 2. The zero-order chi connectivity index (χ0) is 22.2. The normalized spacial score (nSPS) is 11.2.